The third-order valence-electron chi connectivity index (χ3n) is 6.08. The van der Waals surface area contributed by atoms with E-state index in [1.165, 1.54) is 25.0 Å². The molecule has 0 bridgehead atoms. The molecular formula is C22H23N3O. The monoisotopic (exact) mass is 345 g/mol. The predicted octanol–water partition coefficient (Wildman–Crippen LogP) is 4.52. The highest BCUT2D eigenvalue weighted by atomic mass is 16.1. The number of hydrogen-bond donors (Lipinski definition) is 2. The standard InChI is InChI=1S/C22H23N3O/c1-22(2)12-24-21(26)16-7-6-14(10-18(16)22)17-11-23-20-15(17)8-9-19(25-20)13-4-3-5-13/h6-11,13H,3-5,12H2,1-2H3,(H,23,25)(H,24,26). The zero-order valence-electron chi connectivity index (χ0n) is 15.2. The van der Waals surface area contributed by atoms with Gasteiger partial charge in [-0.05, 0) is 48.2 Å². The van der Waals surface area contributed by atoms with Crippen molar-refractivity contribution in [2.24, 2.45) is 0 Å². The van der Waals surface area contributed by atoms with Crippen LogP contribution < -0.4 is 5.32 Å². The minimum atomic E-state index is -0.0684. The Kier molecular flexibility index (Phi) is 3.27. The van der Waals surface area contributed by atoms with Gasteiger partial charge < -0.3 is 10.3 Å². The maximum atomic E-state index is 12.2. The van der Waals surface area contributed by atoms with Crippen LogP contribution in [0.2, 0.25) is 0 Å². The zero-order chi connectivity index (χ0) is 17.9. The van der Waals surface area contributed by atoms with Gasteiger partial charge in [-0.25, -0.2) is 4.98 Å². The van der Waals surface area contributed by atoms with E-state index < -0.39 is 0 Å². The molecule has 0 atom stereocenters. The number of carbonyl (C=O) groups is 1. The van der Waals surface area contributed by atoms with Crippen LogP contribution in [0, 0.1) is 0 Å². The summed E-state index contributed by atoms with van der Waals surface area (Å²) in [6, 6.07) is 10.5. The summed E-state index contributed by atoms with van der Waals surface area (Å²) in [6.07, 6.45) is 5.88. The number of aromatic amines is 1. The van der Waals surface area contributed by atoms with Gasteiger partial charge in [0.1, 0.15) is 5.65 Å². The third kappa shape index (κ3) is 2.28. The quantitative estimate of drug-likeness (QED) is 0.717. The van der Waals surface area contributed by atoms with E-state index >= 15 is 0 Å². The predicted molar refractivity (Wildman–Crippen MR) is 103 cm³/mol. The van der Waals surface area contributed by atoms with Crippen molar-refractivity contribution < 1.29 is 4.79 Å². The number of nitrogens with one attached hydrogen (secondary N) is 2. The van der Waals surface area contributed by atoms with E-state index in [4.69, 9.17) is 4.98 Å². The van der Waals surface area contributed by atoms with Crippen molar-refractivity contribution in [3.8, 4) is 11.1 Å². The van der Waals surface area contributed by atoms with E-state index in [-0.39, 0.29) is 11.3 Å². The molecule has 2 N–H and O–H groups in total. The highest BCUT2D eigenvalue weighted by molar-refractivity contribution is 5.99. The first-order valence-corrected chi connectivity index (χ1v) is 9.44. The molecule has 1 aromatic carbocycles. The van der Waals surface area contributed by atoms with Crippen molar-refractivity contribution in [1.29, 1.82) is 0 Å². The van der Waals surface area contributed by atoms with Gasteiger partial charge in [-0.1, -0.05) is 26.3 Å². The molecule has 1 aliphatic heterocycles. The molecule has 3 heterocycles. The van der Waals surface area contributed by atoms with E-state index in [9.17, 15) is 4.79 Å². The summed E-state index contributed by atoms with van der Waals surface area (Å²) in [5.74, 6) is 0.658. The molecule has 0 spiro atoms. The Labute approximate surface area is 153 Å². The second-order valence-corrected chi connectivity index (χ2v) is 8.29. The Morgan fingerprint density at radius 2 is 1.96 bits per heavy atom. The van der Waals surface area contributed by atoms with Crippen LogP contribution >= 0.6 is 0 Å². The summed E-state index contributed by atoms with van der Waals surface area (Å²) in [7, 11) is 0. The first kappa shape index (κ1) is 15.6. The number of rotatable bonds is 2. The van der Waals surface area contributed by atoms with E-state index in [0.717, 1.165) is 33.3 Å². The molecule has 4 nitrogen and oxygen atoms in total. The Morgan fingerprint density at radius 3 is 2.73 bits per heavy atom. The highest BCUT2D eigenvalue weighted by Crippen LogP contribution is 2.38. The number of benzene rings is 1. The number of carbonyl (C=O) groups excluding carboxylic acids is 1. The van der Waals surface area contributed by atoms with Gasteiger partial charge in [-0.15, -0.1) is 0 Å². The number of nitrogens with zero attached hydrogens (tertiary/aromatic N) is 1. The molecule has 5 rings (SSSR count). The van der Waals surface area contributed by atoms with E-state index in [1.54, 1.807) is 0 Å². The van der Waals surface area contributed by atoms with Crippen molar-refractivity contribution in [2.45, 2.75) is 44.4 Å². The average molecular weight is 345 g/mol. The number of fused-ring (bicyclic) bond motifs is 2. The van der Waals surface area contributed by atoms with Crippen molar-refractivity contribution in [2.75, 3.05) is 6.54 Å². The summed E-state index contributed by atoms with van der Waals surface area (Å²) in [4.78, 5) is 20.4. The van der Waals surface area contributed by atoms with Crippen LogP contribution in [0.15, 0.2) is 36.5 Å². The second kappa shape index (κ2) is 5.44. The van der Waals surface area contributed by atoms with E-state index in [2.05, 4.69) is 42.3 Å². The Hall–Kier alpha value is -2.62. The summed E-state index contributed by atoms with van der Waals surface area (Å²) in [5, 5.41) is 4.13. The fraction of sp³-hybridized carbons (Fsp3) is 0.364. The van der Waals surface area contributed by atoms with Crippen LogP contribution in [0.1, 0.15) is 60.6 Å². The lowest BCUT2D eigenvalue weighted by atomic mass is 9.78. The lowest BCUT2D eigenvalue weighted by Gasteiger charge is -2.32. The number of H-pyrrole nitrogens is 1. The molecule has 2 aromatic heterocycles. The molecule has 1 saturated carbocycles. The van der Waals surface area contributed by atoms with Gasteiger partial charge in [0.05, 0.1) is 0 Å². The summed E-state index contributed by atoms with van der Waals surface area (Å²) < 4.78 is 0. The first-order chi connectivity index (χ1) is 12.5. The number of amides is 1. The molecule has 0 saturated heterocycles. The van der Waals surface area contributed by atoms with Crippen LogP contribution in [0.25, 0.3) is 22.2 Å². The lowest BCUT2D eigenvalue weighted by Crippen LogP contribution is -2.43. The van der Waals surface area contributed by atoms with Crippen LogP contribution in [0.3, 0.4) is 0 Å². The number of aromatic nitrogens is 2. The normalized spacial score (nSPS) is 19.1. The number of hydrogen-bond acceptors (Lipinski definition) is 2. The molecule has 26 heavy (non-hydrogen) atoms. The molecule has 2 aliphatic rings. The summed E-state index contributed by atoms with van der Waals surface area (Å²) in [5.41, 5.74) is 6.29. The smallest absolute Gasteiger partial charge is 0.251 e. The van der Waals surface area contributed by atoms with Crippen molar-refractivity contribution in [3.63, 3.8) is 0 Å². The summed E-state index contributed by atoms with van der Waals surface area (Å²) >= 11 is 0. The minimum Gasteiger partial charge on any atom is -0.351 e. The fourth-order valence-electron chi connectivity index (χ4n) is 4.15. The van der Waals surface area contributed by atoms with Gasteiger partial charge in [-0.2, -0.15) is 0 Å². The van der Waals surface area contributed by atoms with Crippen LogP contribution in [-0.2, 0) is 5.41 Å². The first-order valence-electron chi connectivity index (χ1n) is 9.44. The molecule has 1 aliphatic carbocycles. The maximum absolute atomic E-state index is 12.2. The van der Waals surface area contributed by atoms with Gasteiger partial charge >= 0.3 is 0 Å². The second-order valence-electron chi connectivity index (χ2n) is 8.29. The van der Waals surface area contributed by atoms with Gasteiger partial charge in [0.2, 0.25) is 0 Å². The van der Waals surface area contributed by atoms with Crippen LogP contribution in [0.5, 0.6) is 0 Å². The SMILES string of the molecule is CC1(C)CNC(=O)c2ccc(-c3c[nH]c4nc(C5CCC5)ccc34)cc21. The Bertz CT molecular complexity index is 1030. The molecule has 132 valence electrons. The molecule has 0 unspecified atom stereocenters. The molecule has 4 heteroatoms. The average Bonchev–Trinajstić information content (AvgIpc) is 3.00. The topological polar surface area (TPSA) is 57.8 Å². The van der Waals surface area contributed by atoms with Gasteiger partial charge in [-0.3, -0.25) is 4.79 Å². The zero-order valence-corrected chi connectivity index (χ0v) is 15.2. The molecular weight excluding hydrogens is 322 g/mol. The van der Waals surface area contributed by atoms with Gasteiger partial charge in [0, 0.05) is 46.3 Å². The van der Waals surface area contributed by atoms with E-state index in [1.807, 2.05) is 18.3 Å². The molecule has 0 radical (unpaired) electrons. The van der Waals surface area contributed by atoms with Gasteiger partial charge in [0.25, 0.3) is 5.91 Å². The summed E-state index contributed by atoms with van der Waals surface area (Å²) in [6.45, 7) is 5.02. The van der Waals surface area contributed by atoms with Crippen molar-refractivity contribution in [3.05, 3.63) is 53.3 Å². The van der Waals surface area contributed by atoms with Crippen LogP contribution in [0.4, 0.5) is 0 Å². The van der Waals surface area contributed by atoms with E-state index in [0.29, 0.717) is 12.5 Å². The van der Waals surface area contributed by atoms with Crippen molar-refractivity contribution in [1.82, 2.24) is 15.3 Å². The highest BCUT2D eigenvalue weighted by Gasteiger charge is 2.31. The van der Waals surface area contributed by atoms with Gasteiger partial charge in [0.15, 0.2) is 0 Å². The number of pyridine rings is 1. The Morgan fingerprint density at radius 1 is 1.12 bits per heavy atom. The molecule has 1 fully saturated rings. The maximum Gasteiger partial charge on any atom is 0.251 e. The fourth-order valence-corrected chi connectivity index (χ4v) is 4.15. The lowest BCUT2D eigenvalue weighted by molar-refractivity contribution is 0.0930. The third-order valence-corrected chi connectivity index (χ3v) is 6.08. The minimum absolute atomic E-state index is 0.0246. The van der Waals surface area contributed by atoms with Crippen LogP contribution in [-0.4, -0.2) is 22.4 Å². The van der Waals surface area contributed by atoms with Crippen molar-refractivity contribution >= 4 is 16.9 Å². The molecule has 3 aromatic rings. The largest absolute Gasteiger partial charge is 0.351 e. The molecule has 1 amide bonds. The Balaban J connectivity index is 1.61.